The van der Waals surface area contributed by atoms with E-state index < -0.39 is 0 Å². The Morgan fingerprint density at radius 2 is 2.00 bits per heavy atom. The van der Waals surface area contributed by atoms with Crippen LogP contribution in [0.25, 0.3) is 0 Å². The number of rotatable bonds is 5. The Morgan fingerprint density at radius 1 is 1.25 bits per heavy atom. The third-order valence-electron chi connectivity index (χ3n) is 3.05. The average molecular weight is 291 g/mol. The second kappa shape index (κ2) is 6.05. The average Bonchev–Trinajstić information content (AvgIpc) is 2.97. The Balaban J connectivity index is 2.20. The fraction of sp³-hybridized carbons (Fsp3) is 0.333. The minimum absolute atomic E-state index is 0.0132. The molecule has 0 N–H and O–H groups in total. The van der Waals surface area contributed by atoms with Crippen molar-refractivity contribution in [1.82, 2.24) is 4.57 Å². The fourth-order valence-corrected chi connectivity index (χ4v) is 2.82. The summed E-state index contributed by atoms with van der Waals surface area (Å²) in [5, 5.41) is 0. The zero-order valence-corrected chi connectivity index (χ0v) is 12.6. The van der Waals surface area contributed by atoms with Gasteiger partial charge in [0.05, 0.1) is 23.6 Å². The molecule has 0 saturated carbocycles. The van der Waals surface area contributed by atoms with Crippen molar-refractivity contribution in [2.24, 2.45) is 7.05 Å². The molecule has 106 valence electrons. The van der Waals surface area contributed by atoms with Crippen LogP contribution in [0, 0.1) is 6.92 Å². The molecule has 0 aliphatic rings. The van der Waals surface area contributed by atoms with Crippen LogP contribution in [0.3, 0.4) is 0 Å². The van der Waals surface area contributed by atoms with E-state index in [1.54, 1.807) is 30.7 Å². The Hall–Kier alpha value is -1.88. The molecule has 4 nitrogen and oxygen atoms in total. The zero-order chi connectivity index (χ0) is 14.7. The summed E-state index contributed by atoms with van der Waals surface area (Å²) in [5.74, 6) is -0.291. The van der Waals surface area contributed by atoms with Crippen molar-refractivity contribution in [1.29, 1.82) is 0 Å². The van der Waals surface area contributed by atoms with E-state index in [9.17, 15) is 9.59 Å². The summed E-state index contributed by atoms with van der Waals surface area (Å²) in [6.07, 6.45) is 0.182. The van der Waals surface area contributed by atoms with Crippen LogP contribution >= 0.6 is 11.3 Å². The number of thiophene rings is 1. The first-order valence-corrected chi connectivity index (χ1v) is 7.26. The molecule has 5 heteroatoms. The number of hydrogen-bond donors (Lipinski definition) is 0. The first-order chi connectivity index (χ1) is 9.52. The first-order valence-electron chi connectivity index (χ1n) is 6.44. The van der Waals surface area contributed by atoms with Gasteiger partial charge in [-0.15, -0.1) is 11.3 Å². The fourth-order valence-electron chi connectivity index (χ4n) is 2.00. The minimum Gasteiger partial charge on any atom is -0.466 e. The van der Waals surface area contributed by atoms with Gasteiger partial charge in [-0.25, -0.2) is 0 Å². The third-order valence-corrected chi connectivity index (χ3v) is 4.05. The second-order valence-corrected chi connectivity index (χ2v) is 5.78. The molecule has 2 rings (SSSR count). The summed E-state index contributed by atoms with van der Waals surface area (Å²) in [7, 11) is 1.79. The minimum atomic E-state index is -0.278. The lowest BCUT2D eigenvalue weighted by molar-refractivity contribution is -0.142. The van der Waals surface area contributed by atoms with Gasteiger partial charge in [-0.3, -0.25) is 9.59 Å². The molecule has 0 atom stereocenters. The zero-order valence-electron chi connectivity index (χ0n) is 11.8. The van der Waals surface area contributed by atoms with E-state index in [4.69, 9.17) is 4.74 Å². The largest absolute Gasteiger partial charge is 0.466 e. The number of carbonyl (C=O) groups is 2. The molecule has 0 amide bonds. The van der Waals surface area contributed by atoms with Gasteiger partial charge in [-0.05, 0) is 38.1 Å². The summed E-state index contributed by atoms with van der Waals surface area (Å²) in [4.78, 5) is 25.7. The van der Waals surface area contributed by atoms with Crippen molar-refractivity contribution < 1.29 is 14.3 Å². The highest BCUT2D eigenvalue weighted by molar-refractivity contribution is 7.14. The van der Waals surface area contributed by atoms with Crippen LogP contribution in [-0.4, -0.2) is 22.9 Å². The Morgan fingerprint density at radius 3 is 2.60 bits per heavy atom. The molecule has 0 aromatic carbocycles. The van der Waals surface area contributed by atoms with Gasteiger partial charge in [0, 0.05) is 17.6 Å². The monoisotopic (exact) mass is 291 g/mol. The topological polar surface area (TPSA) is 48.3 Å². The SMILES string of the molecule is CCOC(=O)Cc1ccc(C(=O)c2ccc(C)s2)n1C. The lowest BCUT2D eigenvalue weighted by Gasteiger charge is -2.06. The van der Waals surface area contributed by atoms with E-state index in [0.717, 1.165) is 10.6 Å². The van der Waals surface area contributed by atoms with Gasteiger partial charge in [-0.1, -0.05) is 0 Å². The lowest BCUT2D eigenvalue weighted by atomic mass is 10.2. The van der Waals surface area contributed by atoms with E-state index in [1.165, 1.54) is 11.3 Å². The van der Waals surface area contributed by atoms with Crippen molar-refractivity contribution in [3.8, 4) is 0 Å². The highest BCUT2D eigenvalue weighted by Crippen LogP contribution is 2.20. The maximum Gasteiger partial charge on any atom is 0.311 e. The molecule has 0 bridgehead atoms. The van der Waals surface area contributed by atoms with Crippen LogP contribution < -0.4 is 0 Å². The van der Waals surface area contributed by atoms with Crippen molar-refractivity contribution in [2.75, 3.05) is 6.61 Å². The van der Waals surface area contributed by atoms with E-state index in [1.807, 2.05) is 19.1 Å². The van der Waals surface area contributed by atoms with Gasteiger partial charge in [-0.2, -0.15) is 0 Å². The standard InChI is InChI=1S/C15H17NO3S/c1-4-19-14(17)9-11-6-7-12(16(11)3)15(18)13-8-5-10(2)20-13/h5-8H,4,9H2,1-3H3. The lowest BCUT2D eigenvalue weighted by Crippen LogP contribution is -2.13. The van der Waals surface area contributed by atoms with Gasteiger partial charge in [0.15, 0.2) is 0 Å². The molecule has 0 radical (unpaired) electrons. The Bertz CT molecular complexity index is 639. The van der Waals surface area contributed by atoms with Crippen LogP contribution in [0.15, 0.2) is 24.3 Å². The van der Waals surface area contributed by atoms with Crippen LogP contribution in [0.5, 0.6) is 0 Å². The molecule has 2 heterocycles. The van der Waals surface area contributed by atoms with Crippen LogP contribution in [-0.2, 0) is 23.0 Å². The van der Waals surface area contributed by atoms with E-state index in [-0.39, 0.29) is 18.2 Å². The molecule has 0 unspecified atom stereocenters. The second-order valence-electron chi connectivity index (χ2n) is 4.49. The van der Waals surface area contributed by atoms with Gasteiger partial charge in [0.1, 0.15) is 0 Å². The van der Waals surface area contributed by atoms with Crippen LogP contribution in [0.2, 0.25) is 0 Å². The smallest absolute Gasteiger partial charge is 0.311 e. The predicted molar refractivity (Wildman–Crippen MR) is 78.2 cm³/mol. The molecule has 0 aliphatic heterocycles. The number of hydrogen-bond acceptors (Lipinski definition) is 4. The highest BCUT2D eigenvalue weighted by Gasteiger charge is 2.17. The van der Waals surface area contributed by atoms with E-state index >= 15 is 0 Å². The van der Waals surface area contributed by atoms with Gasteiger partial charge >= 0.3 is 5.97 Å². The van der Waals surface area contributed by atoms with Gasteiger partial charge < -0.3 is 9.30 Å². The van der Waals surface area contributed by atoms with Crippen LogP contribution in [0.4, 0.5) is 0 Å². The normalized spacial score (nSPS) is 10.6. The van der Waals surface area contributed by atoms with Crippen molar-refractivity contribution >= 4 is 23.1 Å². The van der Waals surface area contributed by atoms with Gasteiger partial charge in [0.2, 0.25) is 5.78 Å². The molecule has 20 heavy (non-hydrogen) atoms. The first kappa shape index (κ1) is 14.5. The maximum atomic E-state index is 12.4. The number of aromatic nitrogens is 1. The van der Waals surface area contributed by atoms with Crippen molar-refractivity contribution in [3.63, 3.8) is 0 Å². The van der Waals surface area contributed by atoms with E-state index in [2.05, 4.69) is 0 Å². The molecular weight excluding hydrogens is 274 g/mol. The number of ketones is 1. The third kappa shape index (κ3) is 2.99. The van der Waals surface area contributed by atoms with Crippen LogP contribution in [0.1, 0.15) is 32.9 Å². The summed E-state index contributed by atoms with van der Waals surface area (Å²) < 4.78 is 6.68. The highest BCUT2D eigenvalue weighted by atomic mass is 32.1. The predicted octanol–water partition coefficient (Wildman–Crippen LogP) is 2.73. The van der Waals surface area contributed by atoms with Gasteiger partial charge in [0.25, 0.3) is 0 Å². The van der Waals surface area contributed by atoms with Crippen molar-refractivity contribution in [3.05, 3.63) is 45.4 Å². The molecular formula is C15H17NO3S. The Kier molecular flexibility index (Phi) is 4.39. The summed E-state index contributed by atoms with van der Waals surface area (Å²) >= 11 is 1.48. The number of aryl methyl sites for hydroxylation is 1. The summed E-state index contributed by atoms with van der Waals surface area (Å²) in [6, 6.07) is 7.32. The van der Waals surface area contributed by atoms with E-state index in [0.29, 0.717) is 17.2 Å². The maximum absolute atomic E-state index is 12.4. The molecule has 2 aromatic heterocycles. The summed E-state index contributed by atoms with van der Waals surface area (Å²) in [5.41, 5.74) is 1.37. The quantitative estimate of drug-likeness (QED) is 0.628. The number of nitrogens with zero attached hydrogens (tertiary/aromatic N) is 1. The number of esters is 1. The molecule has 0 spiro atoms. The molecule has 0 saturated heterocycles. The summed E-state index contributed by atoms with van der Waals surface area (Å²) in [6.45, 7) is 4.11. The number of carbonyl (C=O) groups excluding carboxylic acids is 2. The van der Waals surface area contributed by atoms with Crippen molar-refractivity contribution in [2.45, 2.75) is 20.3 Å². The number of ether oxygens (including phenoxy) is 1. The Labute approximate surface area is 122 Å². The molecule has 2 aromatic rings. The molecule has 0 aliphatic carbocycles. The molecule has 0 fully saturated rings.